The van der Waals surface area contributed by atoms with Crippen molar-refractivity contribution in [1.82, 2.24) is 9.78 Å². The van der Waals surface area contributed by atoms with E-state index in [4.69, 9.17) is 4.74 Å². The molecule has 0 bridgehead atoms. The van der Waals surface area contributed by atoms with Gasteiger partial charge in [-0.15, -0.1) is 0 Å². The highest BCUT2D eigenvalue weighted by atomic mass is 16.5. The van der Waals surface area contributed by atoms with Gasteiger partial charge in [0.25, 0.3) is 0 Å². The molecule has 2 rings (SSSR count). The lowest BCUT2D eigenvalue weighted by atomic mass is 9.83. The maximum Gasteiger partial charge on any atom is 0.0651 e. The zero-order valence-electron chi connectivity index (χ0n) is 13.3. The van der Waals surface area contributed by atoms with Crippen molar-refractivity contribution < 1.29 is 9.84 Å². The molecule has 5 atom stereocenters. The van der Waals surface area contributed by atoms with E-state index in [0.29, 0.717) is 12.3 Å². The molecule has 0 aliphatic carbocycles. The van der Waals surface area contributed by atoms with E-state index in [0.717, 1.165) is 24.4 Å². The first kappa shape index (κ1) is 15.5. The minimum absolute atomic E-state index is 0.124. The van der Waals surface area contributed by atoms with Crippen LogP contribution in [-0.2, 0) is 24.1 Å². The van der Waals surface area contributed by atoms with Gasteiger partial charge in [0.1, 0.15) is 0 Å². The minimum atomic E-state index is -0.364. The lowest BCUT2D eigenvalue weighted by molar-refractivity contribution is 0.0234. The maximum atomic E-state index is 10.6. The van der Waals surface area contributed by atoms with Crippen molar-refractivity contribution in [2.24, 2.45) is 11.8 Å². The molecular weight excluding hydrogens is 252 g/mol. The first-order valence-corrected chi connectivity index (χ1v) is 7.87. The lowest BCUT2D eigenvalue weighted by Crippen LogP contribution is -2.33. The molecule has 114 valence electrons. The molecule has 4 heteroatoms. The summed E-state index contributed by atoms with van der Waals surface area (Å²) >= 11 is 0. The summed E-state index contributed by atoms with van der Waals surface area (Å²) in [5, 5.41) is 15.2. The average Bonchev–Trinajstić information content (AvgIpc) is 2.91. The monoisotopic (exact) mass is 280 g/mol. The van der Waals surface area contributed by atoms with E-state index in [-0.39, 0.29) is 24.2 Å². The van der Waals surface area contributed by atoms with Gasteiger partial charge in [-0.2, -0.15) is 5.10 Å². The summed E-state index contributed by atoms with van der Waals surface area (Å²) < 4.78 is 7.86. The highest BCUT2D eigenvalue weighted by molar-refractivity contribution is 5.12. The molecule has 0 radical (unpaired) electrons. The second kappa shape index (κ2) is 6.27. The summed E-state index contributed by atoms with van der Waals surface area (Å²) in [5.41, 5.74) is 2.24. The third-order valence-corrected chi connectivity index (χ3v) is 4.76. The molecule has 1 fully saturated rings. The molecule has 0 spiro atoms. The Kier molecular flexibility index (Phi) is 4.86. The molecule has 0 saturated carbocycles. The molecular formula is C16H28N2O2. The second-order valence-electron chi connectivity index (χ2n) is 6.05. The Morgan fingerprint density at radius 2 is 2.00 bits per heavy atom. The van der Waals surface area contributed by atoms with E-state index < -0.39 is 0 Å². The van der Waals surface area contributed by atoms with Crippen LogP contribution in [0.2, 0.25) is 0 Å². The number of aliphatic hydroxyl groups excluding tert-OH is 1. The Morgan fingerprint density at radius 3 is 2.50 bits per heavy atom. The molecule has 4 nitrogen and oxygen atoms in total. The Morgan fingerprint density at radius 1 is 1.30 bits per heavy atom. The zero-order chi connectivity index (χ0) is 14.9. The smallest absolute Gasteiger partial charge is 0.0651 e. The molecule has 0 aromatic carbocycles. The molecule has 1 saturated heterocycles. The van der Waals surface area contributed by atoms with Gasteiger partial charge < -0.3 is 9.84 Å². The number of hydrogen-bond acceptors (Lipinski definition) is 3. The summed E-state index contributed by atoms with van der Waals surface area (Å²) in [6, 6.07) is 2.13. The quantitative estimate of drug-likeness (QED) is 0.901. The number of aliphatic hydroxyl groups is 1. The Labute approximate surface area is 122 Å². The maximum absolute atomic E-state index is 10.6. The first-order chi connectivity index (χ1) is 9.47. The van der Waals surface area contributed by atoms with Crippen LogP contribution in [-0.4, -0.2) is 33.2 Å². The fraction of sp³-hybridized carbons (Fsp3) is 0.812. The molecule has 1 aromatic rings. The Balaban J connectivity index is 2.11. The van der Waals surface area contributed by atoms with Gasteiger partial charge in [-0.3, -0.25) is 4.68 Å². The van der Waals surface area contributed by atoms with E-state index >= 15 is 0 Å². The highest BCUT2D eigenvalue weighted by Crippen LogP contribution is 2.35. The van der Waals surface area contributed by atoms with Crippen molar-refractivity contribution in [3.8, 4) is 0 Å². The molecule has 0 amide bonds. The zero-order valence-corrected chi connectivity index (χ0v) is 13.3. The standard InChI is InChI=1S/C16H28N2O2/c1-6-13-8-14(18(7-2)17-13)9-15(19)16-10(3)11(4)20-12(16)5/h8,10-12,15-16,19H,6-7,9H2,1-5H3. The normalized spacial score (nSPS) is 31.7. The van der Waals surface area contributed by atoms with Gasteiger partial charge in [-0.1, -0.05) is 13.8 Å². The van der Waals surface area contributed by atoms with Gasteiger partial charge in [0.15, 0.2) is 0 Å². The molecule has 1 aliphatic heterocycles. The van der Waals surface area contributed by atoms with Crippen LogP contribution in [0.4, 0.5) is 0 Å². The van der Waals surface area contributed by atoms with Crippen molar-refractivity contribution in [3.63, 3.8) is 0 Å². The van der Waals surface area contributed by atoms with Crippen LogP contribution in [0.5, 0.6) is 0 Å². The predicted octanol–water partition coefficient (Wildman–Crippen LogP) is 2.43. The molecule has 5 unspecified atom stereocenters. The number of nitrogens with zero attached hydrogens (tertiary/aromatic N) is 2. The van der Waals surface area contributed by atoms with E-state index in [2.05, 4.69) is 45.8 Å². The lowest BCUT2D eigenvalue weighted by Gasteiger charge is -2.24. The summed E-state index contributed by atoms with van der Waals surface area (Å²) in [6.45, 7) is 11.4. The average molecular weight is 280 g/mol. The number of hydrogen-bond donors (Lipinski definition) is 1. The van der Waals surface area contributed by atoms with E-state index in [1.54, 1.807) is 0 Å². The van der Waals surface area contributed by atoms with Gasteiger partial charge in [-0.05, 0) is 39.2 Å². The van der Waals surface area contributed by atoms with Gasteiger partial charge in [0, 0.05) is 24.6 Å². The molecule has 20 heavy (non-hydrogen) atoms. The van der Waals surface area contributed by atoms with Crippen molar-refractivity contribution in [2.45, 2.75) is 72.3 Å². The number of rotatable bonds is 5. The predicted molar refractivity (Wildman–Crippen MR) is 79.7 cm³/mol. The summed E-state index contributed by atoms with van der Waals surface area (Å²) in [5.74, 6) is 0.596. The fourth-order valence-corrected chi connectivity index (χ4v) is 3.43. The molecule has 1 aromatic heterocycles. The van der Waals surface area contributed by atoms with E-state index in [1.165, 1.54) is 0 Å². The summed E-state index contributed by atoms with van der Waals surface area (Å²) in [4.78, 5) is 0. The minimum Gasteiger partial charge on any atom is -0.392 e. The van der Waals surface area contributed by atoms with Crippen molar-refractivity contribution >= 4 is 0 Å². The van der Waals surface area contributed by atoms with Crippen molar-refractivity contribution in [2.75, 3.05) is 0 Å². The van der Waals surface area contributed by atoms with E-state index in [1.807, 2.05) is 4.68 Å². The summed E-state index contributed by atoms with van der Waals surface area (Å²) in [7, 11) is 0. The highest BCUT2D eigenvalue weighted by Gasteiger charge is 2.41. The van der Waals surface area contributed by atoms with Gasteiger partial charge in [0.05, 0.1) is 24.0 Å². The topological polar surface area (TPSA) is 47.3 Å². The van der Waals surface area contributed by atoms with Crippen molar-refractivity contribution in [1.29, 1.82) is 0 Å². The largest absolute Gasteiger partial charge is 0.392 e. The second-order valence-corrected chi connectivity index (χ2v) is 6.05. The third kappa shape index (κ3) is 2.91. The molecule has 1 aliphatic rings. The Bertz CT molecular complexity index is 444. The first-order valence-electron chi connectivity index (χ1n) is 7.87. The van der Waals surface area contributed by atoms with Crippen LogP contribution < -0.4 is 0 Å². The summed E-state index contributed by atoms with van der Waals surface area (Å²) in [6.07, 6.45) is 1.59. The van der Waals surface area contributed by atoms with Gasteiger partial charge in [-0.25, -0.2) is 0 Å². The van der Waals surface area contributed by atoms with Crippen LogP contribution in [0.15, 0.2) is 6.07 Å². The third-order valence-electron chi connectivity index (χ3n) is 4.76. The van der Waals surface area contributed by atoms with Crippen LogP contribution in [0.3, 0.4) is 0 Å². The van der Waals surface area contributed by atoms with Crippen LogP contribution >= 0.6 is 0 Å². The van der Waals surface area contributed by atoms with Gasteiger partial charge in [0.2, 0.25) is 0 Å². The molecule has 2 heterocycles. The van der Waals surface area contributed by atoms with Crippen LogP contribution in [0, 0.1) is 11.8 Å². The van der Waals surface area contributed by atoms with E-state index in [9.17, 15) is 5.11 Å². The van der Waals surface area contributed by atoms with Crippen LogP contribution in [0.1, 0.15) is 46.0 Å². The Hall–Kier alpha value is -0.870. The SMILES string of the molecule is CCc1cc(CC(O)C2C(C)OC(C)C2C)n(CC)n1. The van der Waals surface area contributed by atoms with Crippen molar-refractivity contribution in [3.05, 3.63) is 17.5 Å². The van der Waals surface area contributed by atoms with Crippen LogP contribution in [0.25, 0.3) is 0 Å². The molecule has 1 N–H and O–H groups in total. The number of ether oxygens (including phenoxy) is 1. The fourth-order valence-electron chi connectivity index (χ4n) is 3.43. The number of aryl methyl sites for hydroxylation is 2. The number of aromatic nitrogens is 2. The van der Waals surface area contributed by atoms with Gasteiger partial charge >= 0.3 is 0 Å².